The van der Waals surface area contributed by atoms with Crippen molar-refractivity contribution >= 4 is 12.2 Å². The molecule has 0 saturated heterocycles. The van der Waals surface area contributed by atoms with E-state index in [0.29, 0.717) is 5.56 Å². The van der Waals surface area contributed by atoms with Gasteiger partial charge in [0.05, 0.1) is 18.9 Å². The number of fused-ring (bicyclic) bond motifs is 1. The van der Waals surface area contributed by atoms with Crippen molar-refractivity contribution in [3.05, 3.63) is 78.3 Å². The number of rotatable bonds is 3. The average Bonchev–Trinajstić information content (AvgIpc) is 3.37. The monoisotopic (exact) mass is 360 g/mol. The van der Waals surface area contributed by atoms with Gasteiger partial charge in [0, 0.05) is 30.4 Å². The van der Waals surface area contributed by atoms with Crippen molar-refractivity contribution in [3.63, 3.8) is 0 Å². The minimum absolute atomic E-state index is 0.464. The summed E-state index contributed by atoms with van der Waals surface area (Å²) >= 11 is 0. The fourth-order valence-corrected chi connectivity index (χ4v) is 3.83. The minimum atomic E-state index is -0.776. The van der Waals surface area contributed by atoms with Crippen LogP contribution >= 0.6 is 0 Å². The maximum atomic E-state index is 14.2. The van der Waals surface area contributed by atoms with Gasteiger partial charge >= 0.3 is 0 Å². The van der Waals surface area contributed by atoms with Crippen LogP contribution in [0, 0.1) is 5.95 Å². The SMILES string of the molecule is Fc1ncccc1-c1cccc(C2(c3ccoc3)N=CN3CCCN=C32)c1. The summed E-state index contributed by atoms with van der Waals surface area (Å²) in [6.07, 6.45) is 7.64. The van der Waals surface area contributed by atoms with E-state index in [1.807, 2.05) is 36.7 Å². The van der Waals surface area contributed by atoms with Gasteiger partial charge in [0.15, 0.2) is 5.54 Å². The van der Waals surface area contributed by atoms with Crippen molar-refractivity contribution in [2.24, 2.45) is 9.98 Å². The number of furan rings is 1. The van der Waals surface area contributed by atoms with Crippen LogP contribution in [0.2, 0.25) is 0 Å². The van der Waals surface area contributed by atoms with E-state index in [-0.39, 0.29) is 0 Å². The molecule has 0 spiro atoms. The summed E-state index contributed by atoms with van der Waals surface area (Å²) in [5, 5.41) is 0. The Labute approximate surface area is 155 Å². The molecule has 134 valence electrons. The quantitative estimate of drug-likeness (QED) is 0.666. The van der Waals surface area contributed by atoms with Crippen molar-refractivity contribution in [3.8, 4) is 11.1 Å². The molecule has 2 aromatic heterocycles. The van der Waals surface area contributed by atoms with Crippen LogP contribution in [0.5, 0.6) is 0 Å². The smallest absolute Gasteiger partial charge is 0.220 e. The standard InChI is InChI=1S/C21H17FN4O/c22-19-18(6-2-8-23-19)15-4-1-5-16(12-15)21(17-7-11-27-13-17)20-24-9-3-10-26(20)14-25-21/h1-2,4-8,11-14H,3,9-10H2. The summed E-state index contributed by atoms with van der Waals surface area (Å²) in [6.45, 7) is 1.66. The number of nitrogens with zero attached hydrogens (tertiary/aromatic N) is 4. The molecule has 0 radical (unpaired) electrons. The molecule has 1 unspecified atom stereocenters. The zero-order valence-corrected chi connectivity index (χ0v) is 14.5. The van der Waals surface area contributed by atoms with Crippen molar-refractivity contribution < 1.29 is 8.81 Å². The van der Waals surface area contributed by atoms with Crippen LogP contribution < -0.4 is 0 Å². The van der Waals surface area contributed by atoms with Crippen LogP contribution in [-0.4, -0.2) is 35.1 Å². The van der Waals surface area contributed by atoms with Gasteiger partial charge in [0.1, 0.15) is 5.84 Å². The van der Waals surface area contributed by atoms with Gasteiger partial charge in [-0.25, -0.2) is 4.98 Å². The van der Waals surface area contributed by atoms with E-state index in [4.69, 9.17) is 14.4 Å². The summed E-state index contributed by atoms with van der Waals surface area (Å²) in [5.41, 5.74) is 2.27. The molecule has 6 heteroatoms. The Morgan fingerprint density at radius 3 is 2.93 bits per heavy atom. The fourth-order valence-electron chi connectivity index (χ4n) is 3.83. The molecule has 0 fully saturated rings. The van der Waals surface area contributed by atoms with Crippen LogP contribution in [0.25, 0.3) is 11.1 Å². The lowest BCUT2D eigenvalue weighted by molar-refractivity contribution is 0.533. The number of pyridine rings is 1. The third kappa shape index (κ3) is 2.40. The van der Waals surface area contributed by atoms with Gasteiger partial charge in [0.25, 0.3) is 0 Å². The number of aliphatic imine (C=N–C) groups is 2. The van der Waals surface area contributed by atoms with E-state index in [2.05, 4.69) is 9.88 Å². The molecule has 27 heavy (non-hydrogen) atoms. The Bertz CT molecular complexity index is 1040. The second-order valence-electron chi connectivity index (χ2n) is 6.64. The molecule has 0 N–H and O–H groups in total. The molecule has 3 aromatic rings. The molecule has 5 nitrogen and oxygen atoms in total. The molecule has 0 amide bonds. The van der Waals surface area contributed by atoms with E-state index in [9.17, 15) is 4.39 Å². The Hall–Kier alpha value is -3.28. The minimum Gasteiger partial charge on any atom is -0.472 e. The Balaban J connectivity index is 1.71. The van der Waals surface area contributed by atoms with Crippen LogP contribution in [0.1, 0.15) is 17.5 Å². The third-order valence-corrected chi connectivity index (χ3v) is 5.09. The Morgan fingerprint density at radius 1 is 1.11 bits per heavy atom. The molecule has 0 aliphatic carbocycles. The Kier molecular flexibility index (Phi) is 3.63. The normalized spacial score (nSPS) is 21.2. The second-order valence-corrected chi connectivity index (χ2v) is 6.64. The lowest BCUT2D eigenvalue weighted by Crippen LogP contribution is -2.42. The first-order chi connectivity index (χ1) is 13.3. The second kappa shape index (κ2) is 6.16. The van der Waals surface area contributed by atoms with Crippen molar-refractivity contribution in [1.82, 2.24) is 9.88 Å². The average molecular weight is 360 g/mol. The van der Waals surface area contributed by atoms with Crippen LogP contribution in [0.3, 0.4) is 0 Å². The highest BCUT2D eigenvalue weighted by Crippen LogP contribution is 2.41. The van der Waals surface area contributed by atoms with Crippen LogP contribution in [0.15, 0.2) is 75.6 Å². The summed E-state index contributed by atoms with van der Waals surface area (Å²) in [7, 11) is 0. The maximum Gasteiger partial charge on any atom is 0.220 e. The van der Waals surface area contributed by atoms with Crippen molar-refractivity contribution in [2.75, 3.05) is 13.1 Å². The highest BCUT2D eigenvalue weighted by molar-refractivity contribution is 6.07. The predicted molar refractivity (Wildman–Crippen MR) is 101 cm³/mol. The van der Waals surface area contributed by atoms with Crippen molar-refractivity contribution in [2.45, 2.75) is 12.0 Å². The van der Waals surface area contributed by atoms with E-state index in [1.165, 1.54) is 6.20 Å². The molecule has 2 aliphatic rings. The van der Waals surface area contributed by atoms with Gasteiger partial charge in [-0.1, -0.05) is 18.2 Å². The highest BCUT2D eigenvalue weighted by Gasteiger charge is 2.47. The molecule has 4 heterocycles. The first-order valence-corrected chi connectivity index (χ1v) is 8.90. The zero-order chi connectivity index (χ0) is 18.3. The summed E-state index contributed by atoms with van der Waals surface area (Å²) in [4.78, 5) is 15.5. The zero-order valence-electron chi connectivity index (χ0n) is 14.5. The molecule has 0 saturated carbocycles. The van der Waals surface area contributed by atoms with Gasteiger partial charge in [-0.05, 0) is 41.8 Å². The van der Waals surface area contributed by atoms with Gasteiger partial charge in [-0.2, -0.15) is 4.39 Å². The number of hydrogen-bond acceptors (Lipinski definition) is 5. The first kappa shape index (κ1) is 15.9. The number of benzene rings is 1. The maximum absolute atomic E-state index is 14.2. The largest absolute Gasteiger partial charge is 0.472 e. The van der Waals surface area contributed by atoms with E-state index in [1.54, 1.807) is 24.7 Å². The molecule has 5 rings (SSSR count). The number of hydrogen-bond donors (Lipinski definition) is 0. The first-order valence-electron chi connectivity index (χ1n) is 8.90. The molecular formula is C21H17FN4O. The van der Waals surface area contributed by atoms with Crippen LogP contribution in [-0.2, 0) is 5.54 Å². The van der Waals surface area contributed by atoms with Gasteiger partial charge in [-0.15, -0.1) is 0 Å². The number of amidine groups is 1. The highest BCUT2D eigenvalue weighted by atomic mass is 19.1. The molecule has 1 atom stereocenters. The van der Waals surface area contributed by atoms with E-state index >= 15 is 0 Å². The fraction of sp³-hybridized carbons (Fsp3) is 0.190. The molecular weight excluding hydrogens is 343 g/mol. The summed E-state index contributed by atoms with van der Waals surface area (Å²) in [6, 6.07) is 13.1. The predicted octanol–water partition coefficient (Wildman–Crippen LogP) is 3.87. The summed E-state index contributed by atoms with van der Waals surface area (Å²) < 4.78 is 19.6. The van der Waals surface area contributed by atoms with Crippen LogP contribution in [0.4, 0.5) is 4.39 Å². The Morgan fingerprint density at radius 2 is 2.07 bits per heavy atom. The topological polar surface area (TPSA) is 54.0 Å². The van der Waals surface area contributed by atoms with Gasteiger partial charge < -0.3 is 9.32 Å². The van der Waals surface area contributed by atoms with Crippen molar-refractivity contribution in [1.29, 1.82) is 0 Å². The molecule has 2 aliphatic heterocycles. The third-order valence-electron chi connectivity index (χ3n) is 5.09. The molecule has 1 aromatic carbocycles. The van der Waals surface area contributed by atoms with E-state index in [0.717, 1.165) is 42.0 Å². The lowest BCUT2D eigenvalue weighted by Gasteiger charge is -2.32. The van der Waals surface area contributed by atoms with E-state index < -0.39 is 11.5 Å². The number of halogens is 1. The lowest BCUT2D eigenvalue weighted by atomic mass is 9.82. The molecule has 0 bridgehead atoms. The van der Waals surface area contributed by atoms with Gasteiger partial charge in [-0.3, -0.25) is 9.98 Å². The van der Waals surface area contributed by atoms with Gasteiger partial charge in [0.2, 0.25) is 5.95 Å². The summed E-state index contributed by atoms with van der Waals surface area (Å²) in [5.74, 6) is 0.400. The number of aromatic nitrogens is 1.